The summed E-state index contributed by atoms with van der Waals surface area (Å²) in [6, 6.07) is 0.490. The van der Waals surface area contributed by atoms with Crippen LogP contribution >= 0.6 is 0 Å². The van der Waals surface area contributed by atoms with E-state index in [4.69, 9.17) is 5.73 Å². The number of hydrogen-bond donors (Lipinski definition) is 1. The quantitative estimate of drug-likeness (QED) is 0.677. The van der Waals surface area contributed by atoms with E-state index in [1.807, 2.05) is 0 Å². The summed E-state index contributed by atoms with van der Waals surface area (Å²) in [5.41, 5.74) is 6.53. The molecule has 0 amide bonds. The number of nitrogens with two attached hydrogens (primary N) is 1. The fourth-order valence-electron chi connectivity index (χ4n) is 3.01. The topological polar surface area (TPSA) is 26.0 Å². The fourth-order valence-corrected chi connectivity index (χ4v) is 3.01. The maximum absolute atomic E-state index is 6.04. The van der Waals surface area contributed by atoms with Crippen molar-refractivity contribution in [3.05, 3.63) is 0 Å². The molecule has 0 aliphatic heterocycles. The van der Waals surface area contributed by atoms with E-state index in [9.17, 15) is 0 Å². The summed E-state index contributed by atoms with van der Waals surface area (Å²) in [5.74, 6) is 1.77. The van der Waals surface area contributed by atoms with Crippen LogP contribution in [0.4, 0.5) is 0 Å². The minimum absolute atomic E-state index is 0.487. The first-order chi connectivity index (χ1) is 7.04. The van der Waals surface area contributed by atoms with Crippen molar-refractivity contribution in [3.63, 3.8) is 0 Å². The molecule has 0 bridgehead atoms. The number of hydrogen-bond acceptors (Lipinski definition) is 1. The average Bonchev–Trinajstić information content (AvgIpc) is 2.77. The van der Waals surface area contributed by atoms with Crippen molar-refractivity contribution in [1.82, 2.24) is 0 Å². The lowest BCUT2D eigenvalue weighted by Crippen LogP contribution is -2.21. The summed E-state index contributed by atoms with van der Waals surface area (Å²) >= 11 is 0. The predicted octanol–water partition coefficient (Wildman–Crippen LogP) is 3.97. The Morgan fingerprint density at radius 3 is 2.27 bits per heavy atom. The first-order valence-electron chi connectivity index (χ1n) is 6.80. The van der Waals surface area contributed by atoms with Crippen molar-refractivity contribution < 1.29 is 0 Å². The van der Waals surface area contributed by atoms with Crippen molar-refractivity contribution in [2.45, 2.75) is 72.3 Å². The Balaban J connectivity index is 2.29. The van der Waals surface area contributed by atoms with E-state index in [2.05, 4.69) is 27.7 Å². The molecule has 90 valence electrons. The van der Waals surface area contributed by atoms with Crippen LogP contribution in [0.25, 0.3) is 0 Å². The lowest BCUT2D eigenvalue weighted by atomic mass is 9.82. The molecule has 0 saturated heterocycles. The van der Waals surface area contributed by atoms with Gasteiger partial charge in [0, 0.05) is 6.04 Å². The minimum Gasteiger partial charge on any atom is -0.327 e. The van der Waals surface area contributed by atoms with Gasteiger partial charge in [-0.2, -0.15) is 0 Å². The molecule has 1 nitrogen and oxygen atoms in total. The van der Waals surface area contributed by atoms with Crippen LogP contribution in [0.1, 0.15) is 66.2 Å². The van der Waals surface area contributed by atoms with Gasteiger partial charge in [0.05, 0.1) is 0 Å². The lowest BCUT2D eigenvalue weighted by molar-refractivity contribution is 0.269. The fraction of sp³-hybridized carbons (Fsp3) is 1.00. The highest BCUT2D eigenvalue weighted by atomic mass is 14.8. The van der Waals surface area contributed by atoms with E-state index in [0.29, 0.717) is 11.5 Å². The molecule has 4 unspecified atom stereocenters. The average molecular weight is 211 g/mol. The van der Waals surface area contributed by atoms with Gasteiger partial charge in [-0.25, -0.2) is 0 Å². The van der Waals surface area contributed by atoms with Crippen molar-refractivity contribution in [1.29, 1.82) is 0 Å². The molecule has 1 rings (SSSR count). The van der Waals surface area contributed by atoms with E-state index in [1.54, 1.807) is 0 Å². The molecule has 0 aromatic rings. The van der Waals surface area contributed by atoms with Crippen LogP contribution in [0, 0.1) is 17.3 Å². The minimum atomic E-state index is 0.487. The molecule has 0 heterocycles. The van der Waals surface area contributed by atoms with Crippen LogP contribution in [0.3, 0.4) is 0 Å². The Kier molecular flexibility index (Phi) is 4.64. The van der Waals surface area contributed by atoms with E-state index in [1.165, 1.54) is 38.5 Å². The van der Waals surface area contributed by atoms with Crippen LogP contribution in [0.2, 0.25) is 0 Å². The summed E-state index contributed by atoms with van der Waals surface area (Å²) in [7, 11) is 0. The Morgan fingerprint density at radius 2 is 1.87 bits per heavy atom. The van der Waals surface area contributed by atoms with Gasteiger partial charge in [-0.15, -0.1) is 0 Å². The zero-order valence-corrected chi connectivity index (χ0v) is 11.1. The molecule has 0 spiro atoms. The van der Waals surface area contributed by atoms with Crippen molar-refractivity contribution in [2.75, 3.05) is 0 Å². The van der Waals surface area contributed by atoms with Crippen LogP contribution < -0.4 is 5.73 Å². The van der Waals surface area contributed by atoms with Gasteiger partial charge in [0.15, 0.2) is 0 Å². The second kappa shape index (κ2) is 5.34. The van der Waals surface area contributed by atoms with Crippen LogP contribution in [0.15, 0.2) is 0 Å². The van der Waals surface area contributed by atoms with Crippen molar-refractivity contribution in [3.8, 4) is 0 Å². The van der Waals surface area contributed by atoms with Crippen molar-refractivity contribution in [2.24, 2.45) is 23.0 Å². The Hall–Kier alpha value is -0.0400. The molecule has 0 aromatic carbocycles. The summed E-state index contributed by atoms with van der Waals surface area (Å²) in [5, 5.41) is 0. The van der Waals surface area contributed by atoms with Gasteiger partial charge in [0.25, 0.3) is 0 Å². The second-order valence-corrected chi connectivity index (χ2v) is 5.89. The van der Waals surface area contributed by atoms with Gasteiger partial charge in [0.2, 0.25) is 0 Å². The monoisotopic (exact) mass is 211 g/mol. The van der Waals surface area contributed by atoms with Gasteiger partial charge in [-0.3, -0.25) is 0 Å². The highest BCUT2D eigenvalue weighted by molar-refractivity contribution is 5.06. The van der Waals surface area contributed by atoms with E-state index < -0.39 is 0 Å². The third-order valence-corrected chi connectivity index (χ3v) is 4.56. The summed E-state index contributed by atoms with van der Waals surface area (Å²) in [4.78, 5) is 0. The molecule has 4 atom stereocenters. The molecule has 0 aromatic heterocycles. The van der Waals surface area contributed by atoms with Gasteiger partial charge >= 0.3 is 0 Å². The molecule has 1 fully saturated rings. The van der Waals surface area contributed by atoms with E-state index in [-0.39, 0.29) is 0 Å². The van der Waals surface area contributed by atoms with E-state index >= 15 is 0 Å². The predicted molar refractivity (Wildman–Crippen MR) is 67.8 cm³/mol. The highest BCUT2D eigenvalue weighted by Crippen LogP contribution is 2.53. The SMILES string of the molecule is CCCC(C)CCC(CC)C1(C)CC1N. The van der Waals surface area contributed by atoms with Crippen molar-refractivity contribution >= 4 is 0 Å². The second-order valence-electron chi connectivity index (χ2n) is 5.89. The summed E-state index contributed by atoms with van der Waals surface area (Å²) < 4.78 is 0. The molecule has 2 N–H and O–H groups in total. The zero-order chi connectivity index (χ0) is 11.5. The molecular formula is C14H29N. The third-order valence-electron chi connectivity index (χ3n) is 4.56. The Morgan fingerprint density at radius 1 is 1.27 bits per heavy atom. The first kappa shape index (κ1) is 13.0. The third kappa shape index (κ3) is 3.21. The smallest absolute Gasteiger partial charge is 0.0102 e. The molecule has 0 radical (unpaired) electrons. The summed E-state index contributed by atoms with van der Waals surface area (Å²) in [6.07, 6.45) is 8.07. The lowest BCUT2D eigenvalue weighted by Gasteiger charge is -2.24. The maximum atomic E-state index is 6.04. The van der Waals surface area contributed by atoms with Gasteiger partial charge < -0.3 is 5.73 Å². The first-order valence-corrected chi connectivity index (χ1v) is 6.80. The number of rotatable bonds is 7. The normalized spacial score (nSPS) is 33.8. The zero-order valence-electron chi connectivity index (χ0n) is 11.1. The van der Waals surface area contributed by atoms with Crippen LogP contribution in [-0.4, -0.2) is 6.04 Å². The van der Waals surface area contributed by atoms with Crippen LogP contribution in [0.5, 0.6) is 0 Å². The van der Waals surface area contributed by atoms with Gasteiger partial charge in [-0.1, -0.05) is 53.4 Å². The molecule has 1 heteroatoms. The highest BCUT2D eigenvalue weighted by Gasteiger charge is 2.51. The molecule has 15 heavy (non-hydrogen) atoms. The maximum Gasteiger partial charge on any atom is 0.0102 e. The Bertz CT molecular complexity index is 190. The molecule has 1 saturated carbocycles. The molecular weight excluding hydrogens is 182 g/mol. The Labute approximate surface area is 95.8 Å². The van der Waals surface area contributed by atoms with Gasteiger partial charge in [-0.05, 0) is 30.1 Å². The van der Waals surface area contributed by atoms with Gasteiger partial charge in [0.1, 0.15) is 0 Å². The molecule has 1 aliphatic carbocycles. The van der Waals surface area contributed by atoms with E-state index in [0.717, 1.165) is 11.8 Å². The standard InChI is InChI=1S/C14H29N/c1-5-7-11(3)8-9-12(6-2)14(4)10-13(14)15/h11-13H,5-10,15H2,1-4H3. The van der Waals surface area contributed by atoms with Crippen LogP contribution in [-0.2, 0) is 0 Å². The largest absolute Gasteiger partial charge is 0.327 e. The summed E-state index contributed by atoms with van der Waals surface area (Å²) in [6.45, 7) is 9.39. The molecule has 1 aliphatic rings.